The first-order valence-corrected chi connectivity index (χ1v) is 8.80. The molecule has 0 radical (unpaired) electrons. The van der Waals surface area contributed by atoms with Crippen molar-refractivity contribution < 1.29 is 9.53 Å². The average Bonchev–Trinajstić information content (AvgIpc) is 3.18. The Morgan fingerprint density at radius 3 is 3.09 bits per heavy atom. The number of piperidine rings is 1. The Balaban J connectivity index is 1.47. The summed E-state index contributed by atoms with van der Waals surface area (Å²) in [7, 11) is 0. The number of hydrogen-bond donors (Lipinski definition) is 1. The van der Waals surface area contributed by atoms with E-state index in [2.05, 4.69) is 20.1 Å². The van der Waals surface area contributed by atoms with Crippen LogP contribution in [0.5, 0.6) is 0 Å². The van der Waals surface area contributed by atoms with E-state index >= 15 is 0 Å². The lowest BCUT2D eigenvalue weighted by molar-refractivity contribution is -0.140. The third-order valence-electron chi connectivity index (χ3n) is 5.32. The molecule has 3 atom stereocenters. The number of fused-ring (bicyclic) bond motifs is 1. The molecule has 2 fully saturated rings. The third-order valence-corrected chi connectivity index (χ3v) is 5.32. The molecule has 23 heavy (non-hydrogen) atoms. The fraction of sp³-hybridized carbons (Fsp3) is 0.812. The number of likely N-dealkylation sites (tertiary alicyclic amines) is 1. The number of hydrogen-bond acceptors (Lipinski definition) is 5. The first-order valence-electron chi connectivity index (χ1n) is 8.80. The third kappa shape index (κ3) is 2.76. The lowest BCUT2D eigenvalue weighted by Gasteiger charge is -2.37. The summed E-state index contributed by atoms with van der Waals surface area (Å²) in [6.07, 6.45) is 4.25. The van der Waals surface area contributed by atoms with Crippen LogP contribution in [0.25, 0.3) is 0 Å². The first kappa shape index (κ1) is 15.1. The maximum Gasteiger partial charge on any atom is 0.242 e. The Kier molecular flexibility index (Phi) is 4.07. The van der Waals surface area contributed by atoms with Gasteiger partial charge in [0, 0.05) is 38.5 Å². The van der Waals surface area contributed by atoms with E-state index in [4.69, 9.17) is 4.74 Å². The highest BCUT2D eigenvalue weighted by Gasteiger charge is 2.35. The van der Waals surface area contributed by atoms with E-state index in [1.165, 1.54) is 0 Å². The van der Waals surface area contributed by atoms with Crippen molar-refractivity contribution in [3.63, 3.8) is 0 Å². The van der Waals surface area contributed by atoms with Gasteiger partial charge in [0.05, 0.1) is 12.7 Å². The quantitative estimate of drug-likeness (QED) is 0.849. The zero-order chi connectivity index (χ0) is 15.8. The van der Waals surface area contributed by atoms with E-state index in [0.717, 1.165) is 63.5 Å². The molecule has 0 aromatic carbocycles. The monoisotopic (exact) mass is 319 g/mol. The Morgan fingerprint density at radius 1 is 1.30 bits per heavy atom. The topological polar surface area (TPSA) is 72.3 Å². The summed E-state index contributed by atoms with van der Waals surface area (Å²) in [5, 5.41) is 12.0. The molecule has 0 aliphatic carbocycles. The van der Waals surface area contributed by atoms with Gasteiger partial charge < -0.3 is 19.5 Å². The number of nitrogens with one attached hydrogen (secondary N) is 1. The second-order valence-corrected chi connectivity index (χ2v) is 6.86. The summed E-state index contributed by atoms with van der Waals surface area (Å²) in [5.74, 6) is 2.67. The van der Waals surface area contributed by atoms with Crippen molar-refractivity contribution in [1.29, 1.82) is 0 Å². The van der Waals surface area contributed by atoms with Gasteiger partial charge in [-0.3, -0.25) is 4.79 Å². The Hall–Kier alpha value is -1.47. The van der Waals surface area contributed by atoms with Crippen LogP contribution in [0, 0.1) is 0 Å². The number of amides is 1. The van der Waals surface area contributed by atoms with E-state index in [0.29, 0.717) is 12.5 Å². The van der Waals surface area contributed by atoms with E-state index in [1.54, 1.807) is 0 Å². The second-order valence-electron chi connectivity index (χ2n) is 6.86. The van der Waals surface area contributed by atoms with Crippen LogP contribution in [0.4, 0.5) is 0 Å². The Bertz CT molecular complexity index is 587. The lowest BCUT2D eigenvalue weighted by atomic mass is 9.96. The van der Waals surface area contributed by atoms with Crippen LogP contribution in [0.1, 0.15) is 43.8 Å². The maximum atomic E-state index is 12.9. The number of carbonyl (C=O) groups is 1. The zero-order valence-electron chi connectivity index (χ0n) is 13.7. The second kappa shape index (κ2) is 6.20. The van der Waals surface area contributed by atoms with Crippen molar-refractivity contribution in [3.8, 4) is 0 Å². The summed E-state index contributed by atoms with van der Waals surface area (Å²) in [6, 6.07) is -0.216. The van der Waals surface area contributed by atoms with E-state index in [-0.39, 0.29) is 18.1 Å². The van der Waals surface area contributed by atoms with Crippen molar-refractivity contribution in [2.45, 2.75) is 57.2 Å². The van der Waals surface area contributed by atoms with E-state index < -0.39 is 0 Å². The minimum Gasteiger partial charge on any atom is -0.375 e. The van der Waals surface area contributed by atoms with Gasteiger partial charge in [0.15, 0.2) is 0 Å². The maximum absolute atomic E-state index is 12.9. The molecule has 0 spiro atoms. The molecule has 1 N–H and O–H groups in total. The standard InChI is InChI=1S/C16H25N5O2/c1-11-14(17-6-9-23-11)16(22)20-7-2-4-12(10-20)15-19-18-13-5-3-8-21(13)15/h11-12,14,17H,2-10H2,1H3/t11-,12?,14+/m1/s1. The number of carbonyl (C=O) groups excluding carboxylic acids is 1. The number of morpholine rings is 1. The van der Waals surface area contributed by atoms with Crippen LogP contribution in [-0.2, 0) is 22.5 Å². The molecule has 7 heteroatoms. The molecule has 126 valence electrons. The van der Waals surface area contributed by atoms with Gasteiger partial charge >= 0.3 is 0 Å². The Morgan fingerprint density at radius 2 is 2.22 bits per heavy atom. The molecule has 3 aliphatic rings. The van der Waals surface area contributed by atoms with Crippen LogP contribution < -0.4 is 5.32 Å². The normalized spacial score (nSPS) is 31.2. The van der Waals surface area contributed by atoms with Crippen molar-refractivity contribution >= 4 is 5.91 Å². The number of rotatable bonds is 2. The van der Waals surface area contributed by atoms with Crippen LogP contribution in [0.3, 0.4) is 0 Å². The van der Waals surface area contributed by atoms with Crippen LogP contribution in [0.2, 0.25) is 0 Å². The smallest absolute Gasteiger partial charge is 0.242 e. The van der Waals surface area contributed by atoms with Crippen molar-refractivity contribution in [3.05, 3.63) is 11.6 Å². The molecule has 1 amide bonds. The molecular formula is C16H25N5O2. The number of nitrogens with zero attached hydrogens (tertiary/aromatic N) is 4. The first-order chi connectivity index (χ1) is 11.2. The van der Waals surface area contributed by atoms with Crippen molar-refractivity contribution in [1.82, 2.24) is 25.0 Å². The summed E-state index contributed by atoms with van der Waals surface area (Å²) in [6.45, 7) is 6.01. The minimum atomic E-state index is -0.216. The Labute approximate surface area is 136 Å². The lowest BCUT2D eigenvalue weighted by Crippen LogP contribution is -2.57. The van der Waals surface area contributed by atoms with Crippen LogP contribution >= 0.6 is 0 Å². The average molecular weight is 319 g/mol. The zero-order valence-corrected chi connectivity index (χ0v) is 13.7. The molecule has 2 saturated heterocycles. The fourth-order valence-electron chi connectivity index (χ4n) is 4.07. The van der Waals surface area contributed by atoms with Gasteiger partial charge in [0.2, 0.25) is 5.91 Å². The predicted molar refractivity (Wildman–Crippen MR) is 84.1 cm³/mol. The summed E-state index contributed by atoms with van der Waals surface area (Å²) >= 11 is 0. The molecule has 3 aliphatic heterocycles. The number of aryl methyl sites for hydroxylation is 1. The molecule has 0 bridgehead atoms. The van der Waals surface area contributed by atoms with E-state index in [9.17, 15) is 4.79 Å². The van der Waals surface area contributed by atoms with Gasteiger partial charge in [-0.25, -0.2) is 0 Å². The molecule has 4 rings (SSSR count). The molecule has 4 heterocycles. The van der Waals surface area contributed by atoms with E-state index in [1.807, 2.05) is 11.8 Å². The van der Waals surface area contributed by atoms with Gasteiger partial charge in [0.25, 0.3) is 0 Å². The highest BCUT2D eigenvalue weighted by atomic mass is 16.5. The van der Waals surface area contributed by atoms with Gasteiger partial charge in [-0.1, -0.05) is 0 Å². The van der Waals surface area contributed by atoms with Gasteiger partial charge in [-0.2, -0.15) is 0 Å². The SMILES string of the molecule is C[C@H]1OCCN[C@@H]1C(=O)N1CCCC(c2nnc3n2CCC3)C1. The van der Waals surface area contributed by atoms with Gasteiger partial charge in [-0.15, -0.1) is 10.2 Å². The predicted octanol–water partition coefficient (Wildman–Crippen LogP) is 0.307. The number of ether oxygens (including phenoxy) is 1. The molecule has 7 nitrogen and oxygen atoms in total. The summed E-state index contributed by atoms with van der Waals surface area (Å²) in [4.78, 5) is 14.8. The van der Waals surface area contributed by atoms with Crippen LogP contribution in [-0.4, -0.2) is 64.0 Å². The van der Waals surface area contributed by atoms with Gasteiger partial charge in [0.1, 0.15) is 17.7 Å². The molecular weight excluding hydrogens is 294 g/mol. The minimum absolute atomic E-state index is 0.0611. The highest BCUT2D eigenvalue weighted by molar-refractivity contribution is 5.82. The summed E-state index contributed by atoms with van der Waals surface area (Å²) in [5.41, 5.74) is 0. The number of aromatic nitrogens is 3. The molecule has 0 saturated carbocycles. The molecule has 1 aromatic heterocycles. The summed E-state index contributed by atoms with van der Waals surface area (Å²) < 4.78 is 7.89. The highest BCUT2D eigenvalue weighted by Crippen LogP contribution is 2.29. The van der Waals surface area contributed by atoms with Crippen molar-refractivity contribution in [2.75, 3.05) is 26.2 Å². The fourth-order valence-corrected chi connectivity index (χ4v) is 4.07. The molecule has 1 unspecified atom stereocenters. The molecule has 1 aromatic rings. The van der Waals surface area contributed by atoms with Crippen molar-refractivity contribution in [2.24, 2.45) is 0 Å². The largest absolute Gasteiger partial charge is 0.375 e. The van der Waals surface area contributed by atoms with Gasteiger partial charge in [-0.05, 0) is 26.2 Å². The van der Waals surface area contributed by atoms with Crippen LogP contribution in [0.15, 0.2) is 0 Å².